The first-order valence-corrected chi connectivity index (χ1v) is 8.79. The van der Waals surface area contributed by atoms with E-state index in [2.05, 4.69) is 10.1 Å². The number of benzene rings is 1. The van der Waals surface area contributed by atoms with Crippen LogP contribution in [0.25, 0.3) is 5.82 Å². The highest BCUT2D eigenvalue weighted by atomic mass is 19.1. The molecule has 0 aliphatic heterocycles. The van der Waals surface area contributed by atoms with E-state index in [1.54, 1.807) is 12.1 Å². The lowest BCUT2D eigenvalue weighted by molar-refractivity contribution is 0.0696. The van der Waals surface area contributed by atoms with Crippen molar-refractivity contribution < 1.29 is 23.8 Å². The van der Waals surface area contributed by atoms with Crippen molar-refractivity contribution >= 4 is 5.97 Å². The summed E-state index contributed by atoms with van der Waals surface area (Å²) < 4.78 is 26.6. The van der Waals surface area contributed by atoms with Crippen LogP contribution in [0.2, 0.25) is 0 Å². The SMILES string of the molecule is CCC(C)Oc1cc(F)ccc1COc1ccnn1-c1cc(C(=O)O)ccn1. The van der Waals surface area contributed by atoms with Gasteiger partial charge < -0.3 is 14.6 Å². The van der Waals surface area contributed by atoms with Gasteiger partial charge in [0, 0.05) is 23.9 Å². The van der Waals surface area contributed by atoms with Gasteiger partial charge >= 0.3 is 5.97 Å². The lowest BCUT2D eigenvalue weighted by Crippen LogP contribution is -2.12. The quantitative estimate of drug-likeness (QED) is 0.634. The van der Waals surface area contributed by atoms with Crippen LogP contribution in [0.1, 0.15) is 36.2 Å². The van der Waals surface area contributed by atoms with Crippen LogP contribution >= 0.6 is 0 Å². The zero-order chi connectivity index (χ0) is 20.1. The molecule has 2 heterocycles. The van der Waals surface area contributed by atoms with Crippen molar-refractivity contribution in [3.63, 3.8) is 0 Å². The number of carbonyl (C=O) groups is 1. The third-order valence-corrected chi connectivity index (χ3v) is 4.13. The fraction of sp³-hybridized carbons (Fsp3) is 0.250. The first-order chi connectivity index (χ1) is 13.5. The second-order valence-electron chi connectivity index (χ2n) is 6.17. The summed E-state index contributed by atoms with van der Waals surface area (Å²) in [5, 5.41) is 13.3. The van der Waals surface area contributed by atoms with Crippen LogP contribution < -0.4 is 9.47 Å². The number of aromatic nitrogens is 3. The highest BCUT2D eigenvalue weighted by Crippen LogP contribution is 2.24. The monoisotopic (exact) mass is 385 g/mol. The van der Waals surface area contributed by atoms with Gasteiger partial charge in [-0.15, -0.1) is 0 Å². The molecule has 0 fully saturated rings. The van der Waals surface area contributed by atoms with E-state index in [0.29, 0.717) is 23.0 Å². The maximum atomic E-state index is 13.6. The van der Waals surface area contributed by atoms with Crippen molar-refractivity contribution in [1.82, 2.24) is 14.8 Å². The summed E-state index contributed by atoms with van der Waals surface area (Å²) in [5.41, 5.74) is 0.774. The molecule has 3 rings (SSSR count). The third kappa shape index (κ3) is 4.46. The van der Waals surface area contributed by atoms with E-state index in [4.69, 9.17) is 14.6 Å². The molecule has 0 radical (unpaired) electrons. The minimum absolute atomic E-state index is 0.0611. The number of ether oxygens (including phenoxy) is 2. The lowest BCUT2D eigenvalue weighted by atomic mass is 10.2. The number of aromatic carboxylic acids is 1. The number of nitrogens with zero attached hydrogens (tertiary/aromatic N) is 3. The Labute approximate surface area is 161 Å². The molecule has 1 N–H and O–H groups in total. The molecule has 0 bridgehead atoms. The molecule has 1 unspecified atom stereocenters. The van der Waals surface area contributed by atoms with Gasteiger partial charge in [0.25, 0.3) is 0 Å². The van der Waals surface area contributed by atoms with E-state index in [0.717, 1.165) is 6.42 Å². The summed E-state index contributed by atoms with van der Waals surface area (Å²) in [7, 11) is 0. The molecule has 7 nitrogen and oxygen atoms in total. The zero-order valence-corrected chi connectivity index (χ0v) is 15.5. The van der Waals surface area contributed by atoms with E-state index >= 15 is 0 Å². The van der Waals surface area contributed by atoms with Crippen LogP contribution in [-0.4, -0.2) is 31.9 Å². The minimum Gasteiger partial charge on any atom is -0.490 e. The third-order valence-electron chi connectivity index (χ3n) is 4.13. The molecule has 0 aliphatic carbocycles. The van der Waals surface area contributed by atoms with Gasteiger partial charge in [-0.1, -0.05) is 6.92 Å². The largest absolute Gasteiger partial charge is 0.490 e. The smallest absolute Gasteiger partial charge is 0.335 e. The summed E-state index contributed by atoms with van der Waals surface area (Å²) >= 11 is 0. The highest BCUT2D eigenvalue weighted by molar-refractivity contribution is 5.87. The average molecular weight is 385 g/mol. The van der Waals surface area contributed by atoms with E-state index in [1.807, 2.05) is 13.8 Å². The number of carboxylic acid groups (broad SMARTS) is 1. The summed E-state index contributed by atoms with van der Waals surface area (Å²) in [5.74, 6) is -0.339. The maximum Gasteiger partial charge on any atom is 0.335 e. The Morgan fingerprint density at radius 3 is 2.82 bits per heavy atom. The molecule has 146 valence electrons. The fourth-order valence-electron chi connectivity index (χ4n) is 2.45. The number of rotatable bonds is 8. The Balaban J connectivity index is 1.81. The Bertz CT molecular complexity index is 974. The molecule has 0 aliphatic rings. The molecule has 2 aromatic heterocycles. The van der Waals surface area contributed by atoms with Crippen LogP contribution in [0, 0.1) is 5.82 Å². The van der Waals surface area contributed by atoms with Crippen molar-refractivity contribution in [3.8, 4) is 17.4 Å². The topological polar surface area (TPSA) is 86.5 Å². The molecule has 3 aromatic rings. The van der Waals surface area contributed by atoms with Gasteiger partial charge in [0.15, 0.2) is 5.82 Å². The number of carboxylic acids is 1. The predicted octanol–water partition coefficient (Wildman–Crippen LogP) is 3.86. The molecule has 28 heavy (non-hydrogen) atoms. The standard InChI is InChI=1S/C20H20FN3O4/c1-3-13(2)28-17-11-16(21)5-4-15(17)12-27-19-7-9-23-24(19)18-10-14(20(25)26)6-8-22-18/h4-11,13H,3,12H2,1-2H3,(H,25,26). The number of hydrogen-bond donors (Lipinski definition) is 1. The molecule has 0 amide bonds. The minimum atomic E-state index is -1.06. The summed E-state index contributed by atoms with van der Waals surface area (Å²) in [6.07, 6.45) is 3.64. The van der Waals surface area contributed by atoms with Crippen LogP contribution in [0.3, 0.4) is 0 Å². The zero-order valence-electron chi connectivity index (χ0n) is 15.5. The normalized spacial score (nSPS) is 11.8. The second kappa shape index (κ2) is 8.51. The van der Waals surface area contributed by atoms with Crippen molar-refractivity contribution in [3.05, 3.63) is 65.7 Å². The second-order valence-corrected chi connectivity index (χ2v) is 6.17. The lowest BCUT2D eigenvalue weighted by Gasteiger charge is -2.17. The molecular formula is C20H20FN3O4. The summed E-state index contributed by atoms with van der Waals surface area (Å²) in [6.45, 7) is 4.01. The van der Waals surface area contributed by atoms with E-state index < -0.39 is 5.97 Å². The van der Waals surface area contributed by atoms with Gasteiger partial charge in [-0.2, -0.15) is 9.78 Å². The Morgan fingerprint density at radius 2 is 2.07 bits per heavy atom. The molecule has 0 spiro atoms. The van der Waals surface area contributed by atoms with Crippen molar-refractivity contribution in [2.24, 2.45) is 0 Å². The van der Waals surface area contributed by atoms with Crippen LogP contribution in [0.5, 0.6) is 11.6 Å². The highest BCUT2D eigenvalue weighted by Gasteiger charge is 2.13. The van der Waals surface area contributed by atoms with Gasteiger partial charge in [0.05, 0.1) is 17.9 Å². The number of halogens is 1. The van der Waals surface area contributed by atoms with Crippen molar-refractivity contribution in [1.29, 1.82) is 0 Å². The molecule has 0 saturated heterocycles. The first-order valence-electron chi connectivity index (χ1n) is 8.79. The van der Waals surface area contributed by atoms with Crippen molar-refractivity contribution in [2.75, 3.05) is 0 Å². The Morgan fingerprint density at radius 1 is 1.25 bits per heavy atom. The van der Waals surface area contributed by atoms with Gasteiger partial charge in [-0.05, 0) is 37.6 Å². The van der Waals surface area contributed by atoms with Crippen LogP contribution in [0.15, 0.2) is 48.8 Å². The molecule has 0 saturated carbocycles. The van der Waals surface area contributed by atoms with Gasteiger partial charge in [-0.25, -0.2) is 14.2 Å². The van der Waals surface area contributed by atoms with Gasteiger partial charge in [0.2, 0.25) is 5.88 Å². The Hall–Kier alpha value is -3.42. The number of pyridine rings is 1. The molecular weight excluding hydrogens is 365 g/mol. The van der Waals surface area contributed by atoms with E-state index in [9.17, 15) is 9.18 Å². The summed E-state index contributed by atoms with van der Waals surface area (Å²) in [4.78, 5) is 15.3. The van der Waals surface area contributed by atoms with Gasteiger partial charge in [-0.3, -0.25) is 0 Å². The summed E-state index contributed by atoms with van der Waals surface area (Å²) in [6, 6.07) is 8.72. The molecule has 8 heteroatoms. The predicted molar refractivity (Wildman–Crippen MR) is 99.4 cm³/mol. The van der Waals surface area contributed by atoms with Crippen LogP contribution in [-0.2, 0) is 6.61 Å². The van der Waals surface area contributed by atoms with Crippen LogP contribution in [0.4, 0.5) is 4.39 Å². The maximum absolute atomic E-state index is 13.6. The average Bonchev–Trinajstić information content (AvgIpc) is 3.16. The Kier molecular flexibility index (Phi) is 5.88. The van der Waals surface area contributed by atoms with Crippen molar-refractivity contribution in [2.45, 2.75) is 33.0 Å². The fourth-order valence-corrected chi connectivity index (χ4v) is 2.45. The molecule has 1 aromatic carbocycles. The van der Waals surface area contributed by atoms with E-state index in [1.165, 1.54) is 41.3 Å². The first kappa shape index (κ1) is 19.3. The molecule has 1 atom stereocenters. The number of hydrogen-bond acceptors (Lipinski definition) is 5. The van der Waals surface area contributed by atoms with Gasteiger partial charge in [0.1, 0.15) is 18.2 Å². The van der Waals surface area contributed by atoms with E-state index in [-0.39, 0.29) is 24.1 Å².